The van der Waals surface area contributed by atoms with Gasteiger partial charge in [0, 0.05) is 5.56 Å². The summed E-state index contributed by atoms with van der Waals surface area (Å²) in [6.45, 7) is 0. The lowest BCUT2D eigenvalue weighted by molar-refractivity contribution is -0.139. The van der Waals surface area contributed by atoms with Crippen LogP contribution in [0.25, 0.3) is 0 Å². The third-order valence-electron chi connectivity index (χ3n) is 1.91. The lowest BCUT2D eigenvalue weighted by Gasteiger charge is -2.07. The Bertz CT molecular complexity index is 410. The highest BCUT2D eigenvalue weighted by molar-refractivity contribution is 5.74. The van der Waals surface area contributed by atoms with Crippen molar-refractivity contribution in [1.29, 1.82) is 0 Å². The number of nitrogens with two attached hydrogens (primary N) is 1. The van der Waals surface area contributed by atoms with Crippen molar-refractivity contribution in [2.24, 2.45) is 0 Å². The van der Waals surface area contributed by atoms with Gasteiger partial charge in [-0.3, -0.25) is 4.79 Å². The van der Waals surface area contributed by atoms with Gasteiger partial charge in [0.1, 0.15) is 5.82 Å². The minimum absolute atomic E-state index is 0.0172. The molecule has 0 saturated carbocycles. The standard InChI is InChI=1S/C9H9F3N2O2/c1-16-6(15)3-4-2-5(7(10)11)8(12)14-9(4)13/h2,7H,3H2,1H3,(H2,13,14). The van der Waals surface area contributed by atoms with Crippen molar-refractivity contribution in [1.82, 2.24) is 4.98 Å². The number of halogens is 3. The molecule has 0 fully saturated rings. The van der Waals surface area contributed by atoms with E-state index in [0.29, 0.717) is 0 Å². The second kappa shape index (κ2) is 4.82. The first-order valence-corrected chi connectivity index (χ1v) is 4.25. The molecule has 2 N–H and O–H groups in total. The molecule has 0 aromatic carbocycles. The van der Waals surface area contributed by atoms with Crippen LogP contribution in [0, 0.1) is 5.95 Å². The number of anilines is 1. The molecule has 1 aromatic rings. The Labute approximate surface area is 89.2 Å². The average Bonchev–Trinajstić information content (AvgIpc) is 2.21. The first-order valence-electron chi connectivity index (χ1n) is 4.25. The summed E-state index contributed by atoms with van der Waals surface area (Å²) in [5.74, 6) is -2.30. The maximum absolute atomic E-state index is 12.9. The van der Waals surface area contributed by atoms with Gasteiger partial charge >= 0.3 is 5.97 Å². The van der Waals surface area contributed by atoms with E-state index in [9.17, 15) is 18.0 Å². The van der Waals surface area contributed by atoms with Crippen molar-refractivity contribution in [3.05, 3.63) is 23.1 Å². The fourth-order valence-corrected chi connectivity index (χ4v) is 1.09. The van der Waals surface area contributed by atoms with Crippen LogP contribution in [0.2, 0.25) is 0 Å². The number of methoxy groups -OCH3 is 1. The molecule has 1 rings (SSSR count). The van der Waals surface area contributed by atoms with Gasteiger partial charge in [-0.2, -0.15) is 4.39 Å². The van der Waals surface area contributed by atoms with E-state index in [1.165, 1.54) is 0 Å². The number of alkyl halides is 2. The number of carbonyl (C=O) groups is 1. The van der Waals surface area contributed by atoms with Crippen LogP contribution in [0.15, 0.2) is 6.07 Å². The average molecular weight is 234 g/mol. The highest BCUT2D eigenvalue weighted by Crippen LogP contribution is 2.24. The summed E-state index contributed by atoms with van der Waals surface area (Å²) >= 11 is 0. The van der Waals surface area contributed by atoms with Crippen LogP contribution in [-0.4, -0.2) is 18.1 Å². The maximum atomic E-state index is 12.9. The summed E-state index contributed by atoms with van der Waals surface area (Å²) in [5.41, 5.74) is 4.43. The number of rotatable bonds is 3. The number of pyridine rings is 1. The van der Waals surface area contributed by atoms with Gasteiger partial charge in [-0.05, 0) is 6.07 Å². The third-order valence-corrected chi connectivity index (χ3v) is 1.91. The highest BCUT2D eigenvalue weighted by atomic mass is 19.3. The number of ether oxygens (including phenoxy) is 1. The minimum atomic E-state index is -3.01. The van der Waals surface area contributed by atoms with Crippen LogP contribution >= 0.6 is 0 Å². The Hall–Kier alpha value is -1.79. The van der Waals surface area contributed by atoms with Gasteiger partial charge < -0.3 is 10.5 Å². The van der Waals surface area contributed by atoms with Crippen molar-refractivity contribution in [3.63, 3.8) is 0 Å². The molecule has 1 heterocycles. The number of nitrogen functional groups attached to an aromatic ring is 1. The van der Waals surface area contributed by atoms with Gasteiger partial charge in [0.2, 0.25) is 5.95 Å². The summed E-state index contributed by atoms with van der Waals surface area (Å²) in [6.07, 6.45) is -3.33. The molecular weight excluding hydrogens is 225 g/mol. The van der Waals surface area contributed by atoms with Crippen molar-refractivity contribution >= 4 is 11.8 Å². The van der Waals surface area contributed by atoms with E-state index in [0.717, 1.165) is 13.2 Å². The molecule has 0 spiro atoms. The van der Waals surface area contributed by atoms with Gasteiger partial charge in [0.15, 0.2) is 0 Å². The Kier molecular flexibility index (Phi) is 3.70. The molecule has 16 heavy (non-hydrogen) atoms. The molecule has 0 atom stereocenters. The number of carbonyl (C=O) groups excluding carboxylic acids is 1. The number of hydrogen-bond donors (Lipinski definition) is 1. The number of esters is 1. The number of hydrogen-bond acceptors (Lipinski definition) is 4. The van der Waals surface area contributed by atoms with Crippen LogP contribution in [0.3, 0.4) is 0 Å². The van der Waals surface area contributed by atoms with Crippen LogP contribution in [-0.2, 0) is 16.0 Å². The van der Waals surface area contributed by atoms with Crippen LogP contribution in [0.5, 0.6) is 0 Å². The van der Waals surface area contributed by atoms with Gasteiger partial charge in [0.25, 0.3) is 6.43 Å². The molecule has 4 nitrogen and oxygen atoms in total. The normalized spacial score (nSPS) is 10.6. The predicted octanol–water partition coefficient (Wildman–Crippen LogP) is 1.46. The van der Waals surface area contributed by atoms with E-state index in [-0.39, 0.29) is 17.8 Å². The fourth-order valence-electron chi connectivity index (χ4n) is 1.09. The zero-order valence-corrected chi connectivity index (χ0v) is 8.34. The van der Waals surface area contributed by atoms with E-state index >= 15 is 0 Å². The SMILES string of the molecule is COC(=O)Cc1cc(C(F)F)c(F)nc1N. The largest absolute Gasteiger partial charge is 0.469 e. The summed E-state index contributed by atoms with van der Waals surface area (Å²) in [7, 11) is 1.14. The number of nitrogens with zero attached hydrogens (tertiary/aromatic N) is 1. The monoisotopic (exact) mass is 234 g/mol. The molecule has 0 bridgehead atoms. The Balaban J connectivity index is 3.09. The van der Waals surface area contributed by atoms with Gasteiger partial charge in [-0.25, -0.2) is 13.8 Å². The topological polar surface area (TPSA) is 65.2 Å². The summed E-state index contributed by atoms with van der Waals surface area (Å²) in [4.78, 5) is 14.0. The maximum Gasteiger partial charge on any atom is 0.310 e. The Morgan fingerprint density at radius 1 is 1.62 bits per heavy atom. The molecule has 0 amide bonds. The first kappa shape index (κ1) is 12.3. The summed E-state index contributed by atoms with van der Waals surface area (Å²) < 4.78 is 41.9. The van der Waals surface area contributed by atoms with Crippen molar-refractivity contribution < 1.29 is 22.7 Å². The molecule has 0 aliphatic rings. The molecular formula is C9H9F3N2O2. The zero-order valence-electron chi connectivity index (χ0n) is 8.34. The lowest BCUT2D eigenvalue weighted by Crippen LogP contribution is -2.10. The van der Waals surface area contributed by atoms with E-state index in [4.69, 9.17) is 5.73 Å². The minimum Gasteiger partial charge on any atom is -0.469 e. The van der Waals surface area contributed by atoms with E-state index in [2.05, 4.69) is 9.72 Å². The van der Waals surface area contributed by atoms with Gasteiger partial charge in [0.05, 0.1) is 19.1 Å². The third kappa shape index (κ3) is 2.62. The molecule has 1 aromatic heterocycles. The molecule has 0 aliphatic heterocycles. The van der Waals surface area contributed by atoms with E-state index in [1.807, 2.05) is 0 Å². The fraction of sp³-hybridized carbons (Fsp3) is 0.333. The van der Waals surface area contributed by atoms with Crippen molar-refractivity contribution in [3.8, 4) is 0 Å². The first-order chi connectivity index (χ1) is 7.45. The number of aromatic nitrogens is 1. The van der Waals surface area contributed by atoms with Crippen molar-refractivity contribution in [2.45, 2.75) is 12.8 Å². The van der Waals surface area contributed by atoms with Crippen LogP contribution in [0.1, 0.15) is 17.6 Å². The predicted molar refractivity (Wildman–Crippen MR) is 49.3 cm³/mol. The van der Waals surface area contributed by atoms with E-state index in [1.54, 1.807) is 0 Å². The highest BCUT2D eigenvalue weighted by Gasteiger charge is 2.18. The molecule has 0 saturated heterocycles. The smallest absolute Gasteiger partial charge is 0.310 e. The summed E-state index contributed by atoms with van der Waals surface area (Å²) in [6, 6.07) is 0.819. The quantitative estimate of drug-likeness (QED) is 0.635. The van der Waals surface area contributed by atoms with Crippen molar-refractivity contribution in [2.75, 3.05) is 12.8 Å². The van der Waals surface area contributed by atoms with Crippen LogP contribution < -0.4 is 5.73 Å². The second-order valence-electron chi connectivity index (χ2n) is 2.97. The Morgan fingerprint density at radius 2 is 2.25 bits per heavy atom. The van der Waals surface area contributed by atoms with Gasteiger partial charge in [-0.15, -0.1) is 0 Å². The molecule has 88 valence electrons. The zero-order chi connectivity index (χ0) is 12.3. The Morgan fingerprint density at radius 3 is 2.75 bits per heavy atom. The van der Waals surface area contributed by atoms with E-state index < -0.39 is 23.9 Å². The lowest BCUT2D eigenvalue weighted by atomic mass is 10.1. The summed E-state index contributed by atoms with van der Waals surface area (Å²) in [5, 5.41) is 0. The van der Waals surface area contributed by atoms with Crippen LogP contribution in [0.4, 0.5) is 19.0 Å². The second-order valence-corrected chi connectivity index (χ2v) is 2.97. The molecule has 0 unspecified atom stereocenters. The van der Waals surface area contributed by atoms with Gasteiger partial charge in [-0.1, -0.05) is 0 Å². The molecule has 7 heteroatoms. The molecule has 0 aliphatic carbocycles. The molecule has 0 radical (unpaired) electrons.